The van der Waals surface area contributed by atoms with Crippen molar-refractivity contribution in [3.63, 3.8) is 0 Å². The molecule has 0 saturated carbocycles. The number of rotatable bonds is 5. The molecule has 1 heterocycles. The lowest BCUT2D eigenvalue weighted by Crippen LogP contribution is -2.26. The van der Waals surface area contributed by atoms with E-state index in [0.29, 0.717) is 5.82 Å². The van der Waals surface area contributed by atoms with Gasteiger partial charge in [0.05, 0.1) is 0 Å². The Balaban J connectivity index is 2.86. The van der Waals surface area contributed by atoms with Gasteiger partial charge in [-0.1, -0.05) is 0 Å². The van der Waals surface area contributed by atoms with Crippen LogP contribution in [0.15, 0.2) is 23.2 Å². The third-order valence-electron chi connectivity index (χ3n) is 2.05. The van der Waals surface area contributed by atoms with E-state index in [4.69, 9.17) is 5.11 Å². The maximum Gasteiger partial charge on any atom is 0.325 e. The van der Waals surface area contributed by atoms with Crippen molar-refractivity contribution in [2.75, 3.05) is 12.4 Å². The number of anilines is 1. The van der Waals surface area contributed by atoms with Crippen molar-refractivity contribution in [1.82, 2.24) is 9.71 Å². The van der Waals surface area contributed by atoms with Gasteiger partial charge < -0.3 is 10.4 Å². The molecule has 0 aliphatic carbocycles. The zero-order chi connectivity index (χ0) is 13.1. The number of aliphatic carboxylic acids is 1. The number of carbonyl (C=O) groups is 1. The molecule has 94 valence electrons. The van der Waals surface area contributed by atoms with Gasteiger partial charge in [-0.2, -0.15) is 0 Å². The molecule has 0 fully saturated rings. The standard InChI is InChI=1S/C9H13N3O4S/c1-6(9(13)14)12-8-4-3-7(5-11-8)17(15,16)10-2/h3-6,10H,1-2H3,(H,11,12)(H,13,14). The molecule has 1 atom stereocenters. The lowest BCUT2D eigenvalue weighted by atomic mass is 10.3. The van der Waals surface area contributed by atoms with Crippen LogP contribution in [0.4, 0.5) is 5.82 Å². The first-order chi connectivity index (χ1) is 7.86. The molecule has 8 heteroatoms. The molecule has 0 saturated heterocycles. The van der Waals surface area contributed by atoms with Crippen molar-refractivity contribution < 1.29 is 18.3 Å². The number of nitrogens with one attached hydrogen (secondary N) is 2. The Morgan fingerprint density at radius 3 is 2.53 bits per heavy atom. The van der Waals surface area contributed by atoms with Gasteiger partial charge in [0, 0.05) is 6.20 Å². The Labute approximate surface area is 98.9 Å². The number of pyridine rings is 1. The van der Waals surface area contributed by atoms with E-state index < -0.39 is 22.0 Å². The fraction of sp³-hybridized carbons (Fsp3) is 0.333. The maximum atomic E-state index is 11.4. The molecular weight excluding hydrogens is 246 g/mol. The number of hydrogen-bond donors (Lipinski definition) is 3. The van der Waals surface area contributed by atoms with Gasteiger partial charge in [0.1, 0.15) is 16.8 Å². The van der Waals surface area contributed by atoms with Crippen molar-refractivity contribution in [3.05, 3.63) is 18.3 Å². The number of carboxylic acid groups (broad SMARTS) is 1. The molecule has 3 N–H and O–H groups in total. The Morgan fingerprint density at radius 2 is 2.12 bits per heavy atom. The summed E-state index contributed by atoms with van der Waals surface area (Å²) < 4.78 is 24.9. The summed E-state index contributed by atoms with van der Waals surface area (Å²) in [6, 6.07) is 1.95. The third-order valence-corrected chi connectivity index (χ3v) is 3.45. The molecule has 17 heavy (non-hydrogen) atoms. The summed E-state index contributed by atoms with van der Waals surface area (Å²) in [6.07, 6.45) is 1.16. The molecule has 0 aliphatic heterocycles. The maximum absolute atomic E-state index is 11.4. The molecular formula is C9H13N3O4S. The monoisotopic (exact) mass is 259 g/mol. The number of aromatic nitrogens is 1. The van der Waals surface area contributed by atoms with Crippen LogP contribution in [-0.4, -0.2) is 37.6 Å². The Bertz CT molecular complexity index is 497. The van der Waals surface area contributed by atoms with Crippen LogP contribution < -0.4 is 10.0 Å². The molecule has 1 aromatic heterocycles. The summed E-state index contributed by atoms with van der Waals surface area (Å²) in [5, 5.41) is 11.3. The summed E-state index contributed by atoms with van der Waals surface area (Å²) in [5.74, 6) is -0.714. The Morgan fingerprint density at radius 1 is 1.47 bits per heavy atom. The van der Waals surface area contributed by atoms with Gasteiger partial charge >= 0.3 is 5.97 Å². The average molecular weight is 259 g/mol. The predicted molar refractivity (Wildman–Crippen MR) is 61.2 cm³/mol. The second-order valence-corrected chi connectivity index (χ2v) is 5.18. The minimum absolute atomic E-state index is 0.0218. The zero-order valence-electron chi connectivity index (χ0n) is 9.34. The first kappa shape index (κ1) is 13.4. The van der Waals surface area contributed by atoms with E-state index >= 15 is 0 Å². The van der Waals surface area contributed by atoms with Crippen LogP contribution >= 0.6 is 0 Å². The highest BCUT2D eigenvalue weighted by molar-refractivity contribution is 7.89. The largest absolute Gasteiger partial charge is 0.480 e. The van der Waals surface area contributed by atoms with E-state index in [1.807, 2.05) is 0 Å². The van der Waals surface area contributed by atoms with Gasteiger partial charge in [0.25, 0.3) is 0 Å². The highest BCUT2D eigenvalue weighted by Gasteiger charge is 2.13. The van der Waals surface area contributed by atoms with E-state index in [0.717, 1.165) is 6.20 Å². The Kier molecular flexibility index (Phi) is 4.02. The molecule has 0 aromatic carbocycles. The van der Waals surface area contributed by atoms with Crippen LogP contribution in [0.3, 0.4) is 0 Å². The molecule has 1 rings (SSSR count). The zero-order valence-corrected chi connectivity index (χ0v) is 10.2. The normalized spacial score (nSPS) is 13.1. The van der Waals surface area contributed by atoms with Crippen LogP contribution in [-0.2, 0) is 14.8 Å². The van der Waals surface area contributed by atoms with E-state index in [1.165, 1.54) is 26.1 Å². The van der Waals surface area contributed by atoms with Crippen LogP contribution in [0.5, 0.6) is 0 Å². The summed E-state index contributed by atoms with van der Waals surface area (Å²) in [6.45, 7) is 1.46. The number of hydrogen-bond acceptors (Lipinski definition) is 5. The first-order valence-corrected chi connectivity index (χ1v) is 6.24. The van der Waals surface area contributed by atoms with Gasteiger partial charge in [-0.25, -0.2) is 18.1 Å². The van der Waals surface area contributed by atoms with Gasteiger partial charge in [0.15, 0.2) is 0 Å². The lowest BCUT2D eigenvalue weighted by Gasteiger charge is -2.10. The second kappa shape index (κ2) is 5.11. The molecule has 1 aromatic rings. The quantitative estimate of drug-likeness (QED) is 0.680. The van der Waals surface area contributed by atoms with E-state index in [-0.39, 0.29) is 4.90 Å². The molecule has 0 spiro atoms. The molecule has 1 unspecified atom stereocenters. The highest BCUT2D eigenvalue weighted by atomic mass is 32.2. The van der Waals surface area contributed by atoms with Crippen LogP contribution in [0.2, 0.25) is 0 Å². The van der Waals surface area contributed by atoms with E-state index in [9.17, 15) is 13.2 Å². The third kappa shape index (κ3) is 3.40. The highest BCUT2D eigenvalue weighted by Crippen LogP contribution is 2.10. The Hall–Kier alpha value is -1.67. The van der Waals surface area contributed by atoms with E-state index in [1.54, 1.807) is 0 Å². The SMILES string of the molecule is CNS(=O)(=O)c1ccc(NC(C)C(=O)O)nc1. The van der Waals surface area contributed by atoms with Crippen molar-refractivity contribution in [1.29, 1.82) is 0 Å². The van der Waals surface area contributed by atoms with Crippen molar-refractivity contribution in [2.45, 2.75) is 17.9 Å². The molecule has 0 bridgehead atoms. The fourth-order valence-corrected chi connectivity index (χ4v) is 1.70. The first-order valence-electron chi connectivity index (χ1n) is 4.76. The molecule has 7 nitrogen and oxygen atoms in total. The number of sulfonamides is 1. The fourth-order valence-electron chi connectivity index (χ4n) is 1.03. The van der Waals surface area contributed by atoms with Gasteiger partial charge in [-0.3, -0.25) is 4.79 Å². The number of carboxylic acids is 1. The molecule has 0 radical (unpaired) electrons. The van der Waals surface area contributed by atoms with Crippen LogP contribution in [0, 0.1) is 0 Å². The van der Waals surface area contributed by atoms with Crippen LogP contribution in [0.25, 0.3) is 0 Å². The van der Waals surface area contributed by atoms with Crippen molar-refractivity contribution in [3.8, 4) is 0 Å². The minimum Gasteiger partial charge on any atom is -0.480 e. The van der Waals surface area contributed by atoms with Crippen molar-refractivity contribution >= 4 is 21.8 Å². The van der Waals surface area contributed by atoms with E-state index in [2.05, 4.69) is 15.0 Å². The second-order valence-electron chi connectivity index (χ2n) is 3.29. The summed E-state index contributed by atoms with van der Waals surface area (Å²) in [7, 11) is -2.22. The molecule has 0 aliphatic rings. The minimum atomic E-state index is -3.52. The summed E-state index contributed by atoms with van der Waals surface area (Å²) in [5.41, 5.74) is 0. The van der Waals surface area contributed by atoms with Gasteiger partial charge in [-0.05, 0) is 26.1 Å². The predicted octanol–water partition coefficient (Wildman–Crippen LogP) is -0.125. The average Bonchev–Trinajstić information content (AvgIpc) is 2.29. The number of nitrogens with zero attached hydrogens (tertiary/aromatic N) is 1. The van der Waals surface area contributed by atoms with Crippen LogP contribution in [0.1, 0.15) is 6.92 Å². The molecule has 0 amide bonds. The lowest BCUT2D eigenvalue weighted by molar-refractivity contribution is -0.137. The van der Waals surface area contributed by atoms with Gasteiger partial charge in [0.2, 0.25) is 10.0 Å². The summed E-state index contributed by atoms with van der Waals surface area (Å²) in [4.78, 5) is 14.4. The van der Waals surface area contributed by atoms with Crippen molar-refractivity contribution in [2.24, 2.45) is 0 Å². The van der Waals surface area contributed by atoms with Gasteiger partial charge in [-0.15, -0.1) is 0 Å². The summed E-state index contributed by atoms with van der Waals surface area (Å²) >= 11 is 0. The smallest absolute Gasteiger partial charge is 0.325 e. The topological polar surface area (TPSA) is 108 Å².